The van der Waals surface area contributed by atoms with Gasteiger partial charge in [-0.25, -0.2) is 9.97 Å². The second-order valence-corrected chi connectivity index (χ2v) is 8.62. The fourth-order valence-corrected chi connectivity index (χ4v) is 4.61. The van der Waals surface area contributed by atoms with Crippen molar-refractivity contribution in [1.82, 2.24) is 19.9 Å². The molecule has 2 saturated heterocycles. The monoisotopic (exact) mass is 481 g/mol. The Bertz CT molecular complexity index is 1190. The van der Waals surface area contributed by atoms with Crippen molar-refractivity contribution in [2.45, 2.75) is 38.6 Å². The van der Waals surface area contributed by atoms with Gasteiger partial charge in [0.1, 0.15) is 23.8 Å². The van der Waals surface area contributed by atoms with Crippen LogP contribution in [0, 0.1) is 6.92 Å². The summed E-state index contributed by atoms with van der Waals surface area (Å²) in [6.07, 6.45) is 4.66. The summed E-state index contributed by atoms with van der Waals surface area (Å²) in [5.74, 6) is 0.376. The molecule has 2 aromatic heterocycles. The van der Waals surface area contributed by atoms with Crippen LogP contribution < -0.4 is 9.64 Å². The van der Waals surface area contributed by atoms with Crippen LogP contribution in [-0.2, 0) is 16.1 Å². The molecule has 182 valence electrons. The van der Waals surface area contributed by atoms with Crippen LogP contribution in [0.4, 0.5) is 14.7 Å². The predicted molar refractivity (Wildman–Crippen MR) is 124 cm³/mol. The van der Waals surface area contributed by atoms with E-state index < -0.39 is 12.3 Å². The van der Waals surface area contributed by atoms with E-state index in [-0.39, 0.29) is 30.5 Å². The Kier molecular flexibility index (Phi) is 6.29. The summed E-state index contributed by atoms with van der Waals surface area (Å²) in [5, 5.41) is 0. The second kappa shape index (κ2) is 9.53. The molecule has 0 saturated carbocycles. The quantitative estimate of drug-likeness (QED) is 0.530. The average Bonchev–Trinajstić information content (AvgIpc) is 3.16. The Morgan fingerprint density at radius 2 is 1.77 bits per heavy atom. The van der Waals surface area contributed by atoms with Crippen molar-refractivity contribution in [2.24, 2.45) is 0 Å². The number of ether oxygens (including phenoxy) is 2. The van der Waals surface area contributed by atoms with Crippen LogP contribution in [0.15, 0.2) is 54.9 Å². The first-order valence-electron chi connectivity index (χ1n) is 11.4. The molecule has 0 N–H and O–H groups in total. The maximum atomic E-state index is 12.9. The molecule has 1 aromatic carbocycles. The standard InChI is InChI=1S/C25H25F2N5O3/c1-17-7-8-21(35-23(26)27)20(30-17)15-32-22(33)16-34-25(32)9-11-31(12-10-25)24-28-13-19(14-29-24)18-5-3-2-4-6-18/h2-8,13-14,23H,9-12,15-16H2,1H3. The minimum Gasteiger partial charge on any atom is -0.433 e. The first-order chi connectivity index (χ1) is 16.9. The van der Waals surface area contributed by atoms with Gasteiger partial charge < -0.3 is 19.3 Å². The normalized spacial score (nSPS) is 17.4. The van der Waals surface area contributed by atoms with E-state index >= 15 is 0 Å². The van der Waals surface area contributed by atoms with Crippen LogP contribution in [0.5, 0.6) is 5.75 Å². The maximum absolute atomic E-state index is 12.9. The van der Waals surface area contributed by atoms with Gasteiger partial charge in [-0.2, -0.15) is 8.78 Å². The summed E-state index contributed by atoms with van der Waals surface area (Å²) >= 11 is 0. The van der Waals surface area contributed by atoms with E-state index in [1.165, 1.54) is 6.07 Å². The Hall–Kier alpha value is -3.66. The number of aromatic nitrogens is 3. The Labute approximate surface area is 201 Å². The molecule has 8 nitrogen and oxygen atoms in total. The largest absolute Gasteiger partial charge is 0.433 e. The van der Waals surface area contributed by atoms with E-state index in [0.717, 1.165) is 11.1 Å². The molecular formula is C25H25F2N5O3. The van der Waals surface area contributed by atoms with Gasteiger partial charge in [0, 0.05) is 49.6 Å². The van der Waals surface area contributed by atoms with E-state index in [4.69, 9.17) is 4.74 Å². The van der Waals surface area contributed by atoms with Gasteiger partial charge in [0.05, 0.1) is 6.54 Å². The van der Waals surface area contributed by atoms with Gasteiger partial charge in [-0.1, -0.05) is 30.3 Å². The number of carbonyl (C=O) groups is 1. The molecule has 2 fully saturated rings. The Balaban J connectivity index is 1.30. The number of nitrogens with zero attached hydrogens (tertiary/aromatic N) is 5. The number of hydrogen-bond donors (Lipinski definition) is 0. The second-order valence-electron chi connectivity index (χ2n) is 8.62. The van der Waals surface area contributed by atoms with Gasteiger partial charge in [-0.15, -0.1) is 0 Å². The molecule has 5 rings (SSSR count). The van der Waals surface area contributed by atoms with E-state index in [0.29, 0.717) is 37.6 Å². The minimum atomic E-state index is -2.98. The number of aryl methyl sites for hydroxylation is 1. The van der Waals surface area contributed by atoms with Crippen molar-refractivity contribution in [3.8, 4) is 16.9 Å². The molecule has 1 amide bonds. The molecule has 0 atom stereocenters. The number of anilines is 1. The maximum Gasteiger partial charge on any atom is 0.387 e. The molecule has 0 radical (unpaired) electrons. The van der Waals surface area contributed by atoms with E-state index in [1.54, 1.807) is 30.3 Å². The smallest absolute Gasteiger partial charge is 0.387 e. The molecule has 0 bridgehead atoms. The lowest BCUT2D eigenvalue weighted by molar-refractivity contribution is -0.138. The van der Waals surface area contributed by atoms with Crippen molar-refractivity contribution in [2.75, 3.05) is 24.6 Å². The van der Waals surface area contributed by atoms with E-state index in [2.05, 4.69) is 24.6 Å². The lowest BCUT2D eigenvalue weighted by atomic mass is 9.98. The lowest BCUT2D eigenvalue weighted by Gasteiger charge is -2.43. The summed E-state index contributed by atoms with van der Waals surface area (Å²) in [5.41, 5.74) is 2.08. The van der Waals surface area contributed by atoms with Gasteiger partial charge in [0.25, 0.3) is 5.91 Å². The molecule has 4 heterocycles. The van der Waals surface area contributed by atoms with Crippen LogP contribution in [0.1, 0.15) is 24.2 Å². The predicted octanol–water partition coefficient (Wildman–Crippen LogP) is 3.80. The highest BCUT2D eigenvalue weighted by molar-refractivity contribution is 5.80. The third-order valence-electron chi connectivity index (χ3n) is 6.43. The molecule has 2 aliphatic rings. The summed E-state index contributed by atoms with van der Waals surface area (Å²) < 4.78 is 36.4. The molecular weight excluding hydrogens is 456 g/mol. The first kappa shape index (κ1) is 23.1. The average molecular weight is 482 g/mol. The topological polar surface area (TPSA) is 80.7 Å². The van der Waals surface area contributed by atoms with E-state index in [1.807, 2.05) is 30.3 Å². The van der Waals surface area contributed by atoms with Gasteiger partial charge in [-0.3, -0.25) is 9.78 Å². The highest BCUT2D eigenvalue weighted by Crippen LogP contribution is 2.37. The first-order valence-corrected chi connectivity index (χ1v) is 11.4. The number of amides is 1. The molecule has 1 spiro atoms. The fraction of sp³-hybridized carbons (Fsp3) is 0.360. The third-order valence-corrected chi connectivity index (χ3v) is 6.43. The SMILES string of the molecule is Cc1ccc(OC(F)F)c(CN2C(=O)COC23CCN(c2ncc(-c4ccccc4)cn2)CC3)n1. The number of benzene rings is 1. The number of halogens is 2. The molecule has 35 heavy (non-hydrogen) atoms. The summed E-state index contributed by atoms with van der Waals surface area (Å²) in [6, 6.07) is 13.0. The Morgan fingerprint density at radius 3 is 2.46 bits per heavy atom. The fourth-order valence-electron chi connectivity index (χ4n) is 4.61. The number of alkyl halides is 2. The van der Waals surface area contributed by atoms with Gasteiger partial charge in [0.15, 0.2) is 0 Å². The number of piperidine rings is 1. The molecule has 3 aromatic rings. The van der Waals surface area contributed by atoms with Crippen LogP contribution >= 0.6 is 0 Å². The van der Waals surface area contributed by atoms with Crippen LogP contribution in [0.3, 0.4) is 0 Å². The van der Waals surface area contributed by atoms with Crippen molar-refractivity contribution in [3.63, 3.8) is 0 Å². The minimum absolute atomic E-state index is 0.0326. The summed E-state index contributed by atoms with van der Waals surface area (Å²) in [4.78, 5) is 29.8. The number of carbonyl (C=O) groups excluding carboxylic acids is 1. The van der Waals surface area contributed by atoms with Crippen LogP contribution in [0.2, 0.25) is 0 Å². The van der Waals surface area contributed by atoms with Gasteiger partial charge >= 0.3 is 6.61 Å². The zero-order valence-corrected chi connectivity index (χ0v) is 19.2. The Morgan fingerprint density at radius 1 is 1.06 bits per heavy atom. The van der Waals surface area contributed by atoms with Gasteiger partial charge in [-0.05, 0) is 24.6 Å². The molecule has 2 aliphatic heterocycles. The van der Waals surface area contributed by atoms with Crippen molar-refractivity contribution in [1.29, 1.82) is 0 Å². The zero-order chi connectivity index (χ0) is 24.4. The van der Waals surface area contributed by atoms with Crippen molar-refractivity contribution in [3.05, 3.63) is 66.2 Å². The van der Waals surface area contributed by atoms with Crippen molar-refractivity contribution < 1.29 is 23.0 Å². The van der Waals surface area contributed by atoms with Gasteiger partial charge in [0.2, 0.25) is 5.95 Å². The van der Waals surface area contributed by atoms with Crippen LogP contribution in [-0.4, -0.2) is 57.8 Å². The number of hydrogen-bond acceptors (Lipinski definition) is 7. The highest BCUT2D eigenvalue weighted by Gasteiger charge is 2.49. The van der Waals surface area contributed by atoms with Crippen molar-refractivity contribution >= 4 is 11.9 Å². The number of rotatable bonds is 6. The molecule has 0 aliphatic carbocycles. The summed E-state index contributed by atoms with van der Waals surface area (Å²) in [7, 11) is 0. The summed E-state index contributed by atoms with van der Waals surface area (Å²) in [6.45, 7) is -0.0832. The third kappa shape index (κ3) is 4.79. The zero-order valence-electron chi connectivity index (χ0n) is 19.2. The molecule has 10 heteroatoms. The number of pyridine rings is 1. The van der Waals surface area contributed by atoms with E-state index in [9.17, 15) is 13.6 Å². The highest BCUT2D eigenvalue weighted by atomic mass is 19.3. The van der Waals surface area contributed by atoms with Crippen LogP contribution in [0.25, 0.3) is 11.1 Å². The lowest BCUT2D eigenvalue weighted by Crippen LogP contribution is -2.54. The molecule has 0 unspecified atom stereocenters.